The lowest BCUT2D eigenvalue weighted by Gasteiger charge is -2.23. The van der Waals surface area contributed by atoms with Crippen LogP contribution in [-0.4, -0.2) is 34.3 Å². The van der Waals surface area contributed by atoms with Gasteiger partial charge in [0.1, 0.15) is 5.02 Å². The standard InChI is InChI=1S/C11H14ClN3O5/c1-11(5-16,6-17)10(18)14-13-7-2-3-8(12)9(4-7)15(19)20/h2-4,13,16-17H,5-6H2,1H3,(H,14,18). The van der Waals surface area contributed by atoms with E-state index in [2.05, 4.69) is 10.9 Å². The molecule has 1 aromatic rings. The molecule has 4 N–H and O–H groups in total. The van der Waals surface area contributed by atoms with Gasteiger partial charge in [0.2, 0.25) is 5.91 Å². The van der Waals surface area contributed by atoms with Crippen molar-refractivity contribution >= 4 is 28.9 Å². The van der Waals surface area contributed by atoms with Crippen LogP contribution in [0.1, 0.15) is 6.92 Å². The van der Waals surface area contributed by atoms with E-state index < -0.39 is 29.5 Å². The number of anilines is 1. The van der Waals surface area contributed by atoms with E-state index in [0.29, 0.717) is 0 Å². The number of carbonyl (C=O) groups is 1. The zero-order valence-electron chi connectivity index (χ0n) is 10.6. The van der Waals surface area contributed by atoms with Crippen LogP contribution < -0.4 is 10.9 Å². The molecule has 20 heavy (non-hydrogen) atoms. The predicted molar refractivity (Wildman–Crippen MR) is 72.2 cm³/mol. The summed E-state index contributed by atoms with van der Waals surface area (Å²) in [5.74, 6) is -0.653. The average molecular weight is 304 g/mol. The second-order valence-electron chi connectivity index (χ2n) is 4.38. The first-order valence-corrected chi connectivity index (χ1v) is 5.94. The fourth-order valence-electron chi connectivity index (χ4n) is 1.20. The molecule has 0 heterocycles. The summed E-state index contributed by atoms with van der Waals surface area (Å²) in [6.45, 7) is 0.282. The van der Waals surface area contributed by atoms with Crippen LogP contribution in [-0.2, 0) is 4.79 Å². The molecular formula is C11H14ClN3O5. The van der Waals surface area contributed by atoms with Gasteiger partial charge in [-0.25, -0.2) is 0 Å². The van der Waals surface area contributed by atoms with E-state index in [0.717, 1.165) is 6.07 Å². The molecule has 110 valence electrons. The molecule has 0 unspecified atom stereocenters. The molecule has 1 rings (SSSR count). The van der Waals surface area contributed by atoms with Crippen molar-refractivity contribution in [2.24, 2.45) is 5.41 Å². The number of nitrogens with zero attached hydrogens (tertiary/aromatic N) is 1. The first-order chi connectivity index (χ1) is 9.34. The number of nitrogens with one attached hydrogen (secondary N) is 2. The predicted octanol–water partition coefficient (Wildman–Crippen LogP) is 0.682. The molecular weight excluding hydrogens is 290 g/mol. The Morgan fingerprint density at radius 2 is 2.05 bits per heavy atom. The Labute approximate surface area is 119 Å². The summed E-state index contributed by atoms with van der Waals surface area (Å²) < 4.78 is 0. The molecule has 0 saturated heterocycles. The molecule has 0 aromatic heterocycles. The fourth-order valence-corrected chi connectivity index (χ4v) is 1.39. The van der Waals surface area contributed by atoms with Crippen LogP contribution in [0.2, 0.25) is 5.02 Å². The maximum Gasteiger partial charge on any atom is 0.290 e. The van der Waals surface area contributed by atoms with Crippen LogP contribution >= 0.6 is 11.6 Å². The monoisotopic (exact) mass is 303 g/mol. The number of carbonyl (C=O) groups excluding carboxylic acids is 1. The number of nitro benzene ring substituents is 1. The van der Waals surface area contributed by atoms with Gasteiger partial charge in [-0.2, -0.15) is 0 Å². The smallest absolute Gasteiger partial charge is 0.290 e. The van der Waals surface area contributed by atoms with Crippen molar-refractivity contribution in [3.05, 3.63) is 33.3 Å². The minimum atomic E-state index is -1.36. The van der Waals surface area contributed by atoms with Gasteiger partial charge in [-0.05, 0) is 19.1 Å². The van der Waals surface area contributed by atoms with Gasteiger partial charge in [-0.3, -0.25) is 25.8 Å². The third-order valence-electron chi connectivity index (χ3n) is 2.71. The third kappa shape index (κ3) is 3.56. The highest BCUT2D eigenvalue weighted by molar-refractivity contribution is 6.32. The second-order valence-corrected chi connectivity index (χ2v) is 4.79. The van der Waals surface area contributed by atoms with Gasteiger partial charge in [0, 0.05) is 6.07 Å². The molecule has 1 aromatic carbocycles. The number of aliphatic hydroxyl groups excluding tert-OH is 2. The minimum absolute atomic E-state index is 0.0255. The highest BCUT2D eigenvalue weighted by Gasteiger charge is 2.31. The van der Waals surface area contributed by atoms with Crippen molar-refractivity contribution in [2.45, 2.75) is 6.92 Å². The Kier molecular flexibility index (Phi) is 5.26. The number of hydrogen-bond acceptors (Lipinski definition) is 6. The molecule has 8 nitrogen and oxygen atoms in total. The number of halogens is 1. The number of nitro groups is 1. The Balaban J connectivity index is 2.78. The van der Waals surface area contributed by atoms with E-state index in [1.54, 1.807) is 0 Å². The maximum absolute atomic E-state index is 11.7. The van der Waals surface area contributed by atoms with Gasteiger partial charge >= 0.3 is 0 Å². The molecule has 0 aliphatic carbocycles. The fraction of sp³-hybridized carbons (Fsp3) is 0.364. The van der Waals surface area contributed by atoms with Crippen molar-refractivity contribution in [1.29, 1.82) is 0 Å². The number of rotatable bonds is 6. The number of aliphatic hydroxyl groups is 2. The molecule has 0 atom stereocenters. The Bertz CT molecular complexity index is 519. The van der Waals surface area contributed by atoms with Crippen LogP contribution in [0, 0.1) is 15.5 Å². The molecule has 0 fully saturated rings. The van der Waals surface area contributed by atoms with Gasteiger partial charge in [0.25, 0.3) is 5.69 Å². The molecule has 0 spiro atoms. The van der Waals surface area contributed by atoms with Crippen molar-refractivity contribution in [3.8, 4) is 0 Å². The van der Waals surface area contributed by atoms with Gasteiger partial charge in [-0.15, -0.1) is 0 Å². The third-order valence-corrected chi connectivity index (χ3v) is 3.03. The minimum Gasteiger partial charge on any atom is -0.395 e. The lowest BCUT2D eigenvalue weighted by Crippen LogP contribution is -2.46. The van der Waals surface area contributed by atoms with Gasteiger partial charge < -0.3 is 10.2 Å². The van der Waals surface area contributed by atoms with E-state index in [1.165, 1.54) is 19.1 Å². The highest BCUT2D eigenvalue weighted by atomic mass is 35.5. The number of hydrazine groups is 1. The summed E-state index contributed by atoms with van der Waals surface area (Å²) in [6.07, 6.45) is 0. The van der Waals surface area contributed by atoms with Crippen molar-refractivity contribution in [1.82, 2.24) is 5.43 Å². The first-order valence-electron chi connectivity index (χ1n) is 5.56. The van der Waals surface area contributed by atoms with Gasteiger partial charge in [0.05, 0.1) is 29.2 Å². The van der Waals surface area contributed by atoms with E-state index in [1.807, 2.05) is 0 Å². The Morgan fingerprint density at radius 3 is 2.55 bits per heavy atom. The molecule has 0 aliphatic heterocycles. The molecule has 0 aliphatic rings. The lowest BCUT2D eigenvalue weighted by atomic mass is 9.92. The van der Waals surface area contributed by atoms with E-state index >= 15 is 0 Å². The Morgan fingerprint density at radius 1 is 1.45 bits per heavy atom. The largest absolute Gasteiger partial charge is 0.395 e. The molecule has 9 heteroatoms. The van der Waals surface area contributed by atoms with Crippen molar-refractivity contribution < 1.29 is 19.9 Å². The molecule has 1 amide bonds. The summed E-state index contributed by atoms with van der Waals surface area (Å²) in [4.78, 5) is 21.8. The van der Waals surface area contributed by atoms with E-state index in [4.69, 9.17) is 21.8 Å². The summed E-state index contributed by atoms with van der Waals surface area (Å²) in [7, 11) is 0. The summed E-state index contributed by atoms with van der Waals surface area (Å²) in [5.41, 5.74) is 3.29. The van der Waals surface area contributed by atoms with Crippen LogP contribution in [0.4, 0.5) is 11.4 Å². The molecule has 0 saturated carbocycles. The normalized spacial score (nSPS) is 11.0. The zero-order valence-corrected chi connectivity index (χ0v) is 11.3. The summed E-state index contributed by atoms with van der Waals surface area (Å²) in [6, 6.07) is 3.90. The van der Waals surface area contributed by atoms with E-state index in [9.17, 15) is 14.9 Å². The quantitative estimate of drug-likeness (QED) is 0.452. The summed E-state index contributed by atoms with van der Waals surface area (Å²) in [5, 5.41) is 28.8. The van der Waals surface area contributed by atoms with Crippen molar-refractivity contribution in [3.63, 3.8) is 0 Å². The van der Waals surface area contributed by atoms with Crippen LogP contribution in [0.3, 0.4) is 0 Å². The van der Waals surface area contributed by atoms with Gasteiger partial charge in [0.15, 0.2) is 0 Å². The first kappa shape index (κ1) is 16.2. The number of hydrogen-bond donors (Lipinski definition) is 4. The summed E-state index contributed by atoms with van der Waals surface area (Å²) >= 11 is 5.65. The molecule has 0 bridgehead atoms. The highest BCUT2D eigenvalue weighted by Crippen LogP contribution is 2.27. The van der Waals surface area contributed by atoms with E-state index in [-0.39, 0.29) is 16.4 Å². The Hall–Kier alpha value is -1.90. The molecule has 0 radical (unpaired) electrons. The van der Waals surface area contributed by atoms with Crippen LogP contribution in [0.25, 0.3) is 0 Å². The van der Waals surface area contributed by atoms with Crippen LogP contribution in [0.15, 0.2) is 18.2 Å². The second kappa shape index (κ2) is 6.51. The van der Waals surface area contributed by atoms with Crippen molar-refractivity contribution in [2.75, 3.05) is 18.6 Å². The average Bonchev–Trinajstić information content (AvgIpc) is 2.44. The topological polar surface area (TPSA) is 125 Å². The van der Waals surface area contributed by atoms with Gasteiger partial charge in [-0.1, -0.05) is 11.6 Å². The zero-order chi connectivity index (χ0) is 15.3. The number of amides is 1. The SMILES string of the molecule is CC(CO)(CO)C(=O)NNc1ccc(Cl)c([N+](=O)[O-])c1. The van der Waals surface area contributed by atoms with Crippen LogP contribution in [0.5, 0.6) is 0 Å². The maximum atomic E-state index is 11.7. The number of benzene rings is 1. The lowest BCUT2D eigenvalue weighted by molar-refractivity contribution is -0.384.